The van der Waals surface area contributed by atoms with E-state index in [0.717, 1.165) is 0 Å². The molecule has 1 aliphatic heterocycles. The Kier molecular flexibility index (Phi) is 2.19. The molecule has 0 radical (unpaired) electrons. The highest BCUT2D eigenvalue weighted by Crippen LogP contribution is 2.41. The predicted octanol–water partition coefficient (Wildman–Crippen LogP) is 2.32. The van der Waals surface area contributed by atoms with Crippen LogP contribution in [0.25, 0.3) is 0 Å². The molecule has 15 heavy (non-hydrogen) atoms. The SMILES string of the molecule is CC1(CCl)Oc2ccc([N+](=O)[O-])cc2O1. The summed E-state index contributed by atoms with van der Waals surface area (Å²) in [5, 5.41) is 10.5. The highest BCUT2D eigenvalue weighted by Gasteiger charge is 2.36. The van der Waals surface area contributed by atoms with Crippen LogP contribution in [0.5, 0.6) is 11.5 Å². The van der Waals surface area contributed by atoms with Crippen molar-refractivity contribution >= 4 is 17.3 Å². The maximum Gasteiger partial charge on any atom is 0.273 e. The lowest BCUT2D eigenvalue weighted by Crippen LogP contribution is -2.36. The first-order chi connectivity index (χ1) is 7.04. The van der Waals surface area contributed by atoms with Crippen LogP contribution in [0.3, 0.4) is 0 Å². The maximum absolute atomic E-state index is 10.5. The molecule has 0 fully saturated rings. The normalized spacial score (nSPS) is 22.8. The monoisotopic (exact) mass is 229 g/mol. The summed E-state index contributed by atoms with van der Waals surface area (Å²) in [6.07, 6.45) is 0. The van der Waals surface area contributed by atoms with Crippen molar-refractivity contribution in [1.29, 1.82) is 0 Å². The summed E-state index contributed by atoms with van der Waals surface area (Å²) in [6, 6.07) is 4.20. The maximum atomic E-state index is 10.5. The van der Waals surface area contributed by atoms with Crippen molar-refractivity contribution in [2.24, 2.45) is 0 Å². The molecular formula is C9H8ClNO4. The summed E-state index contributed by atoms with van der Waals surface area (Å²) in [5.41, 5.74) is -0.0313. The number of nitro groups is 1. The van der Waals surface area contributed by atoms with Gasteiger partial charge in [0.15, 0.2) is 11.5 Å². The molecule has 1 aliphatic rings. The van der Waals surface area contributed by atoms with Crippen LogP contribution in [0.4, 0.5) is 5.69 Å². The molecule has 6 heteroatoms. The number of nitrogens with zero attached hydrogens (tertiary/aromatic N) is 1. The van der Waals surface area contributed by atoms with Crippen molar-refractivity contribution in [3.05, 3.63) is 28.3 Å². The van der Waals surface area contributed by atoms with Crippen molar-refractivity contribution < 1.29 is 14.4 Å². The summed E-state index contributed by atoms with van der Waals surface area (Å²) >= 11 is 5.66. The number of hydrogen-bond donors (Lipinski definition) is 0. The Labute approximate surface area is 90.7 Å². The molecule has 0 N–H and O–H groups in total. The van der Waals surface area contributed by atoms with Crippen molar-refractivity contribution in [2.75, 3.05) is 5.88 Å². The Balaban J connectivity index is 2.35. The van der Waals surface area contributed by atoms with E-state index in [-0.39, 0.29) is 11.6 Å². The van der Waals surface area contributed by atoms with Crippen LogP contribution in [0, 0.1) is 10.1 Å². The molecule has 0 aromatic heterocycles. The third kappa shape index (κ3) is 1.70. The van der Waals surface area contributed by atoms with Crippen LogP contribution in [0.1, 0.15) is 6.92 Å². The van der Waals surface area contributed by atoms with Gasteiger partial charge in [-0.2, -0.15) is 0 Å². The van der Waals surface area contributed by atoms with Gasteiger partial charge in [-0.15, -0.1) is 11.6 Å². The smallest absolute Gasteiger partial charge is 0.273 e. The largest absolute Gasteiger partial charge is 0.447 e. The third-order valence-corrected chi connectivity index (χ3v) is 2.52. The zero-order chi connectivity index (χ0) is 11.1. The third-order valence-electron chi connectivity index (χ3n) is 2.03. The van der Waals surface area contributed by atoms with Gasteiger partial charge in [-0.3, -0.25) is 10.1 Å². The highest BCUT2D eigenvalue weighted by molar-refractivity contribution is 6.18. The summed E-state index contributed by atoms with van der Waals surface area (Å²) in [7, 11) is 0. The molecule has 0 spiro atoms. The lowest BCUT2D eigenvalue weighted by atomic mass is 10.3. The van der Waals surface area contributed by atoms with E-state index < -0.39 is 10.7 Å². The van der Waals surface area contributed by atoms with Gasteiger partial charge in [-0.05, 0) is 6.07 Å². The molecular weight excluding hydrogens is 222 g/mol. The van der Waals surface area contributed by atoms with E-state index >= 15 is 0 Å². The van der Waals surface area contributed by atoms with Crippen LogP contribution in [0.15, 0.2) is 18.2 Å². The predicted molar refractivity (Wildman–Crippen MR) is 53.5 cm³/mol. The summed E-state index contributed by atoms with van der Waals surface area (Å²) in [5.74, 6) is 0.0466. The van der Waals surface area contributed by atoms with Crippen LogP contribution in [-0.4, -0.2) is 16.6 Å². The first-order valence-corrected chi connectivity index (χ1v) is 4.80. The van der Waals surface area contributed by atoms with E-state index in [9.17, 15) is 10.1 Å². The number of nitro benzene ring substituents is 1. The lowest BCUT2D eigenvalue weighted by molar-refractivity contribution is -0.384. The number of ether oxygens (including phenoxy) is 2. The fourth-order valence-electron chi connectivity index (χ4n) is 1.31. The Morgan fingerprint density at radius 2 is 2.13 bits per heavy atom. The quantitative estimate of drug-likeness (QED) is 0.444. The molecule has 0 amide bonds. The number of non-ortho nitro benzene ring substituents is 1. The molecule has 0 aliphatic carbocycles. The van der Waals surface area contributed by atoms with Gasteiger partial charge in [-0.1, -0.05) is 0 Å². The van der Waals surface area contributed by atoms with E-state index in [2.05, 4.69) is 0 Å². The summed E-state index contributed by atoms with van der Waals surface area (Å²) in [6.45, 7) is 1.67. The van der Waals surface area contributed by atoms with Gasteiger partial charge in [0.2, 0.25) is 0 Å². The second kappa shape index (κ2) is 3.27. The molecule has 0 bridgehead atoms. The van der Waals surface area contributed by atoms with Gasteiger partial charge >= 0.3 is 0 Å². The first kappa shape index (κ1) is 10.0. The van der Waals surface area contributed by atoms with Crippen molar-refractivity contribution in [3.63, 3.8) is 0 Å². The average Bonchev–Trinajstić information content (AvgIpc) is 2.53. The summed E-state index contributed by atoms with van der Waals surface area (Å²) in [4.78, 5) is 10.0. The zero-order valence-electron chi connectivity index (χ0n) is 7.90. The molecule has 1 unspecified atom stereocenters. The van der Waals surface area contributed by atoms with E-state index in [1.54, 1.807) is 6.92 Å². The molecule has 2 rings (SSSR count). The molecule has 0 saturated carbocycles. The second-order valence-electron chi connectivity index (χ2n) is 3.36. The number of halogens is 1. The Morgan fingerprint density at radius 3 is 2.73 bits per heavy atom. The highest BCUT2D eigenvalue weighted by atomic mass is 35.5. The number of hydrogen-bond acceptors (Lipinski definition) is 4. The number of fused-ring (bicyclic) bond motifs is 1. The van der Waals surface area contributed by atoms with Crippen LogP contribution in [0.2, 0.25) is 0 Å². The second-order valence-corrected chi connectivity index (χ2v) is 3.63. The standard InChI is InChI=1S/C9H8ClNO4/c1-9(5-10)14-7-3-2-6(11(12)13)4-8(7)15-9/h2-4H,5H2,1H3. The average molecular weight is 230 g/mol. The minimum absolute atomic E-state index is 0.0313. The van der Waals surface area contributed by atoms with E-state index in [0.29, 0.717) is 11.5 Å². The fraction of sp³-hybridized carbons (Fsp3) is 0.333. The number of rotatable bonds is 2. The van der Waals surface area contributed by atoms with Crippen molar-refractivity contribution in [3.8, 4) is 11.5 Å². The van der Waals surface area contributed by atoms with E-state index in [1.807, 2.05) is 0 Å². The van der Waals surface area contributed by atoms with Crippen molar-refractivity contribution in [2.45, 2.75) is 12.7 Å². The number of alkyl halides is 1. The topological polar surface area (TPSA) is 61.6 Å². The van der Waals surface area contributed by atoms with Crippen LogP contribution >= 0.6 is 11.6 Å². The lowest BCUT2D eigenvalue weighted by Gasteiger charge is -2.19. The zero-order valence-corrected chi connectivity index (χ0v) is 8.65. The molecule has 80 valence electrons. The first-order valence-electron chi connectivity index (χ1n) is 4.26. The van der Waals surface area contributed by atoms with E-state index in [4.69, 9.17) is 21.1 Å². The Hall–Kier alpha value is -1.49. The molecule has 1 heterocycles. The molecule has 1 aromatic rings. The Morgan fingerprint density at radius 1 is 1.47 bits per heavy atom. The molecule has 1 aromatic carbocycles. The molecule has 5 nitrogen and oxygen atoms in total. The summed E-state index contributed by atoms with van der Waals surface area (Å²) < 4.78 is 10.8. The fourth-order valence-corrected chi connectivity index (χ4v) is 1.42. The van der Waals surface area contributed by atoms with E-state index in [1.165, 1.54) is 18.2 Å². The van der Waals surface area contributed by atoms with Crippen LogP contribution in [-0.2, 0) is 0 Å². The molecule has 0 saturated heterocycles. The van der Waals surface area contributed by atoms with Gasteiger partial charge in [0.25, 0.3) is 11.5 Å². The van der Waals surface area contributed by atoms with Crippen molar-refractivity contribution in [1.82, 2.24) is 0 Å². The van der Waals surface area contributed by atoms with Gasteiger partial charge in [0.05, 0.1) is 16.9 Å². The minimum atomic E-state index is -0.931. The Bertz CT molecular complexity index is 423. The minimum Gasteiger partial charge on any atom is -0.447 e. The van der Waals surface area contributed by atoms with Crippen LogP contribution < -0.4 is 9.47 Å². The van der Waals surface area contributed by atoms with Gasteiger partial charge < -0.3 is 9.47 Å². The van der Waals surface area contributed by atoms with Gasteiger partial charge in [0.1, 0.15) is 0 Å². The van der Waals surface area contributed by atoms with Gasteiger partial charge in [-0.25, -0.2) is 0 Å². The molecule has 1 atom stereocenters. The number of benzene rings is 1. The van der Waals surface area contributed by atoms with Gasteiger partial charge in [0, 0.05) is 13.0 Å².